The van der Waals surface area contributed by atoms with Crippen molar-refractivity contribution >= 4 is 26.7 Å². The summed E-state index contributed by atoms with van der Waals surface area (Å²) in [5, 5.41) is 4.42. The molecule has 2 atom stereocenters. The minimum absolute atomic E-state index is 0.298. The molecule has 3 heterocycles. The lowest BCUT2D eigenvalue weighted by molar-refractivity contribution is 0.218. The maximum atomic E-state index is 12.9. The van der Waals surface area contributed by atoms with E-state index >= 15 is 0 Å². The number of fused-ring (bicyclic) bond motifs is 3. The number of furan rings is 1. The van der Waals surface area contributed by atoms with Gasteiger partial charge >= 0.3 is 0 Å². The largest absolute Gasteiger partial charge is 0.464 e. The number of nitrogens with one attached hydrogen (secondary N) is 2. The Labute approximate surface area is 164 Å². The second-order valence-corrected chi connectivity index (χ2v) is 9.42. The third kappa shape index (κ3) is 3.09. The molecule has 2 aliphatic rings. The highest BCUT2D eigenvalue weighted by Crippen LogP contribution is 2.31. The SMILES string of the molecule is Cc1ccccc1S(=O)(=O)Nc1cc(CN2C[C@@H]3C[C@H]2CN3)c2occc2c1. The van der Waals surface area contributed by atoms with Gasteiger partial charge in [-0.2, -0.15) is 0 Å². The number of hydrogen-bond donors (Lipinski definition) is 2. The van der Waals surface area contributed by atoms with Crippen LogP contribution in [0.2, 0.25) is 0 Å². The molecule has 2 fully saturated rings. The zero-order valence-electron chi connectivity index (χ0n) is 15.7. The minimum atomic E-state index is -3.65. The fourth-order valence-corrected chi connectivity index (χ4v) is 5.75. The molecule has 0 amide bonds. The van der Waals surface area contributed by atoms with Crippen molar-refractivity contribution < 1.29 is 12.8 Å². The van der Waals surface area contributed by atoms with Gasteiger partial charge in [-0.1, -0.05) is 18.2 Å². The summed E-state index contributed by atoms with van der Waals surface area (Å²) in [5.74, 6) is 0. The van der Waals surface area contributed by atoms with Crippen molar-refractivity contribution in [2.45, 2.75) is 36.9 Å². The Morgan fingerprint density at radius 1 is 1.25 bits per heavy atom. The second kappa shape index (κ2) is 6.62. The average molecular weight is 398 g/mol. The van der Waals surface area contributed by atoms with Gasteiger partial charge in [0.1, 0.15) is 5.58 Å². The van der Waals surface area contributed by atoms with Gasteiger partial charge in [-0.05, 0) is 43.2 Å². The highest BCUT2D eigenvalue weighted by molar-refractivity contribution is 7.92. The van der Waals surface area contributed by atoms with E-state index in [1.165, 1.54) is 6.42 Å². The van der Waals surface area contributed by atoms with Crippen molar-refractivity contribution in [2.75, 3.05) is 17.8 Å². The predicted octanol–water partition coefficient (Wildman–Crippen LogP) is 3.09. The molecule has 2 N–H and O–H groups in total. The molecule has 28 heavy (non-hydrogen) atoms. The van der Waals surface area contributed by atoms with E-state index in [2.05, 4.69) is 14.9 Å². The second-order valence-electron chi connectivity index (χ2n) is 7.77. The average Bonchev–Trinajstić information content (AvgIpc) is 3.38. The lowest BCUT2D eigenvalue weighted by atomic mass is 10.1. The number of sulfonamides is 1. The van der Waals surface area contributed by atoms with Crippen molar-refractivity contribution in [1.82, 2.24) is 10.2 Å². The van der Waals surface area contributed by atoms with Gasteiger partial charge in [-0.3, -0.25) is 9.62 Å². The molecular formula is C21H23N3O3S. The highest BCUT2D eigenvalue weighted by Gasteiger charge is 2.37. The monoisotopic (exact) mass is 397 g/mol. The van der Waals surface area contributed by atoms with Gasteiger partial charge in [-0.15, -0.1) is 0 Å². The van der Waals surface area contributed by atoms with E-state index in [9.17, 15) is 8.42 Å². The standard InChI is InChI=1S/C21H23N3O3S/c1-14-4-2-3-5-20(14)28(25,26)23-17-8-15-6-7-27-21(15)16(9-17)12-24-13-18-10-19(24)11-22-18/h2-9,18-19,22-23H,10-13H2,1H3/t18-,19-/m0/s1. The Morgan fingerprint density at radius 2 is 2.11 bits per heavy atom. The molecule has 0 unspecified atom stereocenters. The van der Waals surface area contributed by atoms with Gasteiger partial charge in [0.2, 0.25) is 0 Å². The first-order valence-electron chi connectivity index (χ1n) is 9.55. The van der Waals surface area contributed by atoms with E-state index in [4.69, 9.17) is 4.42 Å². The van der Waals surface area contributed by atoms with Gasteiger partial charge in [0, 0.05) is 42.7 Å². The first kappa shape index (κ1) is 17.7. The van der Waals surface area contributed by atoms with Gasteiger partial charge in [0.05, 0.1) is 16.8 Å². The van der Waals surface area contributed by atoms with Crippen molar-refractivity contribution in [3.63, 3.8) is 0 Å². The van der Waals surface area contributed by atoms with Crippen LogP contribution in [0.4, 0.5) is 5.69 Å². The number of piperazine rings is 1. The molecule has 2 bridgehead atoms. The van der Waals surface area contributed by atoms with Crippen LogP contribution >= 0.6 is 0 Å². The first-order valence-corrected chi connectivity index (χ1v) is 11.0. The molecule has 3 aromatic rings. The van der Waals surface area contributed by atoms with E-state index in [1.807, 2.05) is 24.3 Å². The Bertz CT molecular complexity index is 1140. The smallest absolute Gasteiger partial charge is 0.262 e. The fraction of sp³-hybridized carbons (Fsp3) is 0.333. The van der Waals surface area contributed by atoms with Gasteiger partial charge < -0.3 is 9.73 Å². The van der Waals surface area contributed by atoms with E-state index in [0.29, 0.717) is 22.7 Å². The molecule has 0 spiro atoms. The van der Waals surface area contributed by atoms with Crippen LogP contribution in [-0.4, -0.2) is 38.5 Å². The molecule has 146 valence electrons. The maximum absolute atomic E-state index is 12.9. The Balaban J connectivity index is 1.48. The van der Waals surface area contributed by atoms with Crippen LogP contribution in [0.25, 0.3) is 11.0 Å². The molecule has 7 heteroatoms. The van der Waals surface area contributed by atoms with Crippen molar-refractivity contribution in [1.29, 1.82) is 0 Å². The summed E-state index contributed by atoms with van der Waals surface area (Å²) in [6.07, 6.45) is 2.84. The summed E-state index contributed by atoms with van der Waals surface area (Å²) in [7, 11) is -3.65. The topological polar surface area (TPSA) is 74.6 Å². The lowest BCUT2D eigenvalue weighted by Crippen LogP contribution is -2.42. The summed E-state index contributed by atoms with van der Waals surface area (Å²) >= 11 is 0. The number of rotatable bonds is 5. The van der Waals surface area contributed by atoms with Crippen molar-refractivity contribution in [3.05, 3.63) is 59.9 Å². The molecule has 6 nitrogen and oxygen atoms in total. The van der Waals surface area contributed by atoms with Crippen LogP contribution in [0.15, 0.2) is 58.0 Å². The molecule has 1 aromatic heterocycles. The zero-order chi connectivity index (χ0) is 19.3. The summed E-state index contributed by atoms with van der Waals surface area (Å²) in [6, 6.07) is 13.7. The van der Waals surface area contributed by atoms with Crippen molar-refractivity contribution in [3.8, 4) is 0 Å². The quantitative estimate of drug-likeness (QED) is 0.692. The number of likely N-dealkylation sites (tertiary alicyclic amines) is 1. The molecule has 0 aliphatic carbocycles. The highest BCUT2D eigenvalue weighted by atomic mass is 32.2. The molecule has 0 radical (unpaired) electrons. The summed E-state index contributed by atoms with van der Waals surface area (Å²) in [5.41, 5.74) is 3.13. The minimum Gasteiger partial charge on any atom is -0.464 e. The summed E-state index contributed by atoms with van der Waals surface area (Å²) in [4.78, 5) is 2.75. The van der Waals surface area contributed by atoms with E-state index < -0.39 is 10.0 Å². The lowest BCUT2D eigenvalue weighted by Gasteiger charge is -2.27. The maximum Gasteiger partial charge on any atom is 0.262 e. The number of hydrogen-bond acceptors (Lipinski definition) is 5. The van der Waals surface area contributed by atoms with E-state index in [0.717, 1.165) is 41.7 Å². The third-order valence-electron chi connectivity index (χ3n) is 5.81. The van der Waals surface area contributed by atoms with Gasteiger partial charge in [-0.25, -0.2) is 8.42 Å². The van der Waals surface area contributed by atoms with Crippen LogP contribution in [0.1, 0.15) is 17.5 Å². The molecule has 0 saturated carbocycles. The Kier molecular flexibility index (Phi) is 4.19. The Morgan fingerprint density at radius 3 is 2.86 bits per heavy atom. The van der Waals surface area contributed by atoms with Crippen LogP contribution in [0.3, 0.4) is 0 Å². The molecule has 5 rings (SSSR count). The van der Waals surface area contributed by atoms with Crippen LogP contribution < -0.4 is 10.0 Å². The van der Waals surface area contributed by atoms with Crippen LogP contribution in [0.5, 0.6) is 0 Å². The molecule has 2 aromatic carbocycles. The summed E-state index contributed by atoms with van der Waals surface area (Å²) < 4.78 is 34.3. The predicted molar refractivity (Wildman–Crippen MR) is 109 cm³/mol. The first-order chi connectivity index (χ1) is 13.5. The normalized spacial score (nSPS) is 22.2. The molecule has 2 aliphatic heterocycles. The summed E-state index contributed by atoms with van der Waals surface area (Å²) in [6.45, 7) is 4.60. The van der Waals surface area contributed by atoms with Crippen LogP contribution in [0, 0.1) is 6.92 Å². The van der Waals surface area contributed by atoms with Crippen molar-refractivity contribution in [2.24, 2.45) is 0 Å². The number of nitrogens with zero attached hydrogens (tertiary/aromatic N) is 1. The molecular weight excluding hydrogens is 374 g/mol. The number of anilines is 1. The van der Waals surface area contributed by atoms with Gasteiger partial charge in [0.15, 0.2) is 0 Å². The zero-order valence-corrected chi connectivity index (χ0v) is 16.5. The van der Waals surface area contributed by atoms with E-state index in [1.54, 1.807) is 31.4 Å². The fourth-order valence-electron chi connectivity index (χ4n) is 4.46. The third-order valence-corrected chi connectivity index (χ3v) is 7.35. The molecule has 2 saturated heterocycles. The number of benzene rings is 2. The van der Waals surface area contributed by atoms with E-state index in [-0.39, 0.29) is 0 Å². The van der Waals surface area contributed by atoms with Gasteiger partial charge in [0.25, 0.3) is 10.0 Å². The number of aryl methyl sites for hydroxylation is 1. The Hall–Kier alpha value is -2.35. The van der Waals surface area contributed by atoms with Crippen LogP contribution in [-0.2, 0) is 16.6 Å².